The topological polar surface area (TPSA) is 84.9 Å². The highest BCUT2D eigenvalue weighted by Gasteiger charge is 2.30. The molecular formula is C20H29NO5. The Morgan fingerprint density at radius 2 is 1.81 bits per heavy atom. The van der Waals surface area contributed by atoms with Crippen molar-refractivity contribution in [1.29, 1.82) is 0 Å². The molecule has 2 atom stereocenters. The van der Waals surface area contributed by atoms with Gasteiger partial charge in [-0.1, -0.05) is 12.5 Å². The van der Waals surface area contributed by atoms with Gasteiger partial charge in [-0.05, 0) is 57.2 Å². The van der Waals surface area contributed by atoms with Crippen molar-refractivity contribution in [3.63, 3.8) is 0 Å². The normalized spacial score (nSPS) is 19.6. The Kier molecular flexibility index (Phi) is 7.75. The van der Waals surface area contributed by atoms with Crippen LogP contribution < -0.4 is 14.8 Å². The van der Waals surface area contributed by atoms with E-state index >= 15 is 0 Å². The monoisotopic (exact) mass is 363 g/mol. The number of aliphatic carboxylic acids is 1. The van der Waals surface area contributed by atoms with E-state index in [2.05, 4.69) is 5.32 Å². The number of amides is 1. The highest BCUT2D eigenvalue weighted by Crippen LogP contribution is 2.30. The summed E-state index contributed by atoms with van der Waals surface area (Å²) in [6.45, 7) is 5.52. The van der Waals surface area contributed by atoms with Crippen LogP contribution in [0, 0.1) is 11.8 Å². The Labute approximate surface area is 154 Å². The molecule has 0 aliphatic heterocycles. The summed E-state index contributed by atoms with van der Waals surface area (Å²) in [5.41, 5.74) is 1.06. The van der Waals surface area contributed by atoms with Crippen molar-refractivity contribution in [2.24, 2.45) is 11.8 Å². The van der Waals surface area contributed by atoms with Gasteiger partial charge in [0.05, 0.1) is 19.1 Å². The van der Waals surface area contributed by atoms with Crippen LogP contribution in [-0.2, 0) is 16.0 Å². The van der Waals surface area contributed by atoms with E-state index < -0.39 is 5.97 Å². The third kappa shape index (κ3) is 5.64. The number of rotatable bonds is 9. The van der Waals surface area contributed by atoms with Crippen LogP contribution in [0.2, 0.25) is 0 Å². The standard InChI is InChI=1S/C20H29NO5/c1-3-25-17-9-8-14(12-18(17)26-4-2)10-11-21-19(22)15-6-5-7-16(13-15)20(23)24/h8-9,12,15-16H,3-7,10-11,13H2,1-2H3,(H,21,22)(H,23,24). The molecule has 6 nitrogen and oxygen atoms in total. The first-order valence-electron chi connectivity index (χ1n) is 9.44. The first-order chi connectivity index (χ1) is 12.5. The second kappa shape index (κ2) is 10.0. The molecule has 26 heavy (non-hydrogen) atoms. The summed E-state index contributed by atoms with van der Waals surface area (Å²) in [4.78, 5) is 23.4. The number of carbonyl (C=O) groups is 2. The lowest BCUT2D eigenvalue weighted by atomic mass is 9.81. The SMILES string of the molecule is CCOc1ccc(CCNC(=O)C2CCCC(C(=O)O)C2)cc1OCC. The van der Waals surface area contributed by atoms with Crippen molar-refractivity contribution >= 4 is 11.9 Å². The predicted molar refractivity (Wildman–Crippen MR) is 98.6 cm³/mol. The molecule has 0 spiro atoms. The smallest absolute Gasteiger partial charge is 0.306 e. The molecule has 1 fully saturated rings. The molecule has 1 aliphatic carbocycles. The van der Waals surface area contributed by atoms with Gasteiger partial charge < -0.3 is 19.9 Å². The van der Waals surface area contributed by atoms with Crippen molar-refractivity contribution in [3.8, 4) is 11.5 Å². The van der Waals surface area contributed by atoms with Gasteiger partial charge in [-0.25, -0.2) is 0 Å². The fourth-order valence-electron chi connectivity index (χ4n) is 3.38. The lowest BCUT2D eigenvalue weighted by Gasteiger charge is -2.25. The van der Waals surface area contributed by atoms with Crippen LogP contribution in [0.25, 0.3) is 0 Å². The fourth-order valence-corrected chi connectivity index (χ4v) is 3.38. The summed E-state index contributed by atoms with van der Waals surface area (Å²) in [6.07, 6.45) is 3.37. The number of carboxylic acids is 1. The van der Waals surface area contributed by atoms with E-state index in [0.29, 0.717) is 39.0 Å². The fraction of sp³-hybridized carbons (Fsp3) is 0.600. The second-order valence-electron chi connectivity index (χ2n) is 6.59. The van der Waals surface area contributed by atoms with Gasteiger partial charge >= 0.3 is 5.97 Å². The van der Waals surface area contributed by atoms with E-state index in [1.54, 1.807) is 0 Å². The quantitative estimate of drug-likeness (QED) is 0.704. The Morgan fingerprint density at radius 3 is 2.50 bits per heavy atom. The number of carbonyl (C=O) groups excluding carboxylic acids is 1. The van der Waals surface area contributed by atoms with Crippen molar-refractivity contribution in [1.82, 2.24) is 5.32 Å². The second-order valence-corrected chi connectivity index (χ2v) is 6.59. The van der Waals surface area contributed by atoms with Crippen LogP contribution in [-0.4, -0.2) is 36.7 Å². The average molecular weight is 363 g/mol. The van der Waals surface area contributed by atoms with E-state index in [1.807, 2.05) is 32.0 Å². The number of ether oxygens (including phenoxy) is 2. The zero-order valence-electron chi connectivity index (χ0n) is 15.6. The van der Waals surface area contributed by atoms with Crippen LogP contribution in [0.5, 0.6) is 11.5 Å². The van der Waals surface area contributed by atoms with E-state index in [0.717, 1.165) is 29.9 Å². The molecule has 1 aliphatic rings. The maximum Gasteiger partial charge on any atom is 0.306 e. The number of hydrogen-bond donors (Lipinski definition) is 2. The van der Waals surface area contributed by atoms with Crippen LogP contribution in [0.1, 0.15) is 45.1 Å². The van der Waals surface area contributed by atoms with Crippen LogP contribution in [0.15, 0.2) is 18.2 Å². The highest BCUT2D eigenvalue weighted by molar-refractivity contribution is 5.80. The molecule has 6 heteroatoms. The molecule has 0 saturated heterocycles. The Hall–Kier alpha value is -2.24. The van der Waals surface area contributed by atoms with Gasteiger partial charge in [-0.2, -0.15) is 0 Å². The molecule has 2 unspecified atom stereocenters. The minimum atomic E-state index is -0.791. The van der Waals surface area contributed by atoms with Gasteiger partial charge in [0, 0.05) is 12.5 Å². The van der Waals surface area contributed by atoms with Gasteiger partial charge in [0.25, 0.3) is 0 Å². The third-order valence-corrected chi connectivity index (χ3v) is 4.71. The van der Waals surface area contributed by atoms with Gasteiger partial charge in [0.1, 0.15) is 0 Å². The first-order valence-corrected chi connectivity index (χ1v) is 9.44. The summed E-state index contributed by atoms with van der Waals surface area (Å²) in [6, 6.07) is 5.81. The van der Waals surface area contributed by atoms with Crippen LogP contribution >= 0.6 is 0 Å². The molecule has 2 N–H and O–H groups in total. The van der Waals surface area contributed by atoms with Gasteiger partial charge in [-0.15, -0.1) is 0 Å². The molecule has 1 aromatic carbocycles. The predicted octanol–water partition coefficient (Wildman–Crippen LogP) is 3.03. The molecule has 1 aromatic rings. The number of nitrogens with one attached hydrogen (secondary N) is 1. The Bertz CT molecular complexity index is 616. The first kappa shape index (κ1) is 20.1. The van der Waals surface area contributed by atoms with Crippen LogP contribution in [0.3, 0.4) is 0 Å². The Balaban J connectivity index is 1.85. The largest absolute Gasteiger partial charge is 0.490 e. The summed E-state index contributed by atoms with van der Waals surface area (Å²) >= 11 is 0. The molecule has 0 heterocycles. The van der Waals surface area contributed by atoms with E-state index in [1.165, 1.54) is 0 Å². The highest BCUT2D eigenvalue weighted by atomic mass is 16.5. The molecule has 1 amide bonds. The zero-order chi connectivity index (χ0) is 18.9. The van der Waals surface area contributed by atoms with Crippen molar-refractivity contribution in [3.05, 3.63) is 23.8 Å². The van der Waals surface area contributed by atoms with Gasteiger partial charge in [0.2, 0.25) is 5.91 Å². The van der Waals surface area contributed by atoms with Crippen LogP contribution in [0.4, 0.5) is 0 Å². The maximum atomic E-state index is 12.3. The molecule has 2 rings (SSSR count). The molecule has 144 valence electrons. The molecule has 0 bridgehead atoms. The van der Waals surface area contributed by atoms with E-state index in [4.69, 9.17) is 14.6 Å². The van der Waals surface area contributed by atoms with E-state index in [9.17, 15) is 9.59 Å². The van der Waals surface area contributed by atoms with E-state index in [-0.39, 0.29) is 17.7 Å². The van der Waals surface area contributed by atoms with Gasteiger partial charge in [0.15, 0.2) is 11.5 Å². The number of carboxylic acid groups (broad SMARTS) is 1. The lowest BCUT2D eigenvalue weighted by molar-refractivity contribution is -0.144. The summed E-state index contributed by atoms with van der Waals surface area (Å²) in [7, 11) is 0. The zero-order valence-corrected chi connectivity index (χ0v) is 15.6. The van der Waals surface area contributed by atoms with Crippen molar-refractivity contribution < 1.29 is 24.2 Å². The third-order valence-electron chi connectivity index (χ3n) is 4.71. The van der Waals surface area contributed by atoms with Gasteiger partial charge in [-0.3, -0.25) is 9.59 Å². The molecule has 0 aromatic heterocycles. The summed E-state index contributed by atoms with van der Waals surface area (Å²) < 4.78 is 11.2. The molecule has 0 radical (unpaired) electrons. The minimum Gasteiger partial charge on any atom is -0.490 e. The van der Waals surface area contributed by atoms with Crippen molar-refractivity contribution in [2.45, 2.75) is 46.0 Å². The summed E-state index contributed by atoms with van der Waals surface area (Å²) in [5.74, 6) is 0.0367. The summed E-state index contributed by atoms with van der Waals surface area (Å²) in [5, 5.41) is 12.1. The number of hydrogen-bond acceptors (Lipinski definition) is 4. The minimum absolute atomic E-state index is 0.0353. The number of benzene rings is 1. The average Bonchev–Trinajstić information content (AvgIpc) is 2.64. The Morgan fingerprint density at radius 1 is 1.12 bits per heavy atom. The maximum absolute atomic E-state index is 12.3. The lowest BCUT2D eigenvalue weighted by Crippen LogP contribution is -2.36. The molecule has 1 saturated carbocycles. The van der Waals surface area contributed by atoms with Crippen molar-refractivity contribution in [2.75, 3.05) is 19.8 Å². The molecular weight excluding hydrogens is 334 g/mol.